The highest BCUT2D eigenvalue weighted by atomic mass is 16.6. The van der Waals surface area contributed by atoms with Gasteiger partial charge in [-0.1, -0.05) is 130 Å². The summed E-state index contributed by atoms with van der Waals surface area (Å²) in [6.45, 7) is 12.8. The zero-order valence-corrected chi connectivity index (χ0v) is 80.7. The molecule has 0 bridgehead atoms. The van der Waals surface area contributed by atoms with Crippen molar-refractivity contribution in [3.63, 3.8) is 0 Å². The number of rotatable bonds is 23. The Labute approximate surface area is 804 Å². The summed E-state index contributed by atoms with van der Waals surface area (Å²) in [5.41, 5.74) is 23.3. The van der Waals surface area contributed by atoms with Crippen LogP contribution in [0.1, 0.15) is 242 Å². The third-order valence-corrected chi connectivity index (χ3v) is 25.3. The molecular formula is C105H131N20O13+. The number of nitrogens with zero attached hydrogens (tertiary/aromatic N) is 14. The fraction of sp³-hybridized carbons (Fsp3) is 0.419. The Hall–Kier alpha value is -14.5. The standard InChI is InChI=1S/C29H32N4O4.C16H20O5.C15H20N4.C14H18N4O.C14H17N4.C14H15N3.C2H4O2.CH5NO/c1-28(2,3)37-27(35)23-24(36-19-20-10-5-4-6-11-20)26(34)32-22(31-23)18-29(14-7-8-15-29)33-17-13-21-12-9-16-30-25(21)33;1-11(17)14(13(18)15(19)21-16(2,3)4)20-10-12-8-6-5-7-9-12;1-17-13(16)11-15(7-2-3-8-15)19-10-6-12-5-4-9-18-14(12)19;15-12(17-19)10-14(6-1-2-7-14)18-9-5-11-4-3-8-16-13(11)18;15-12(16)10-14(6-1-2-7-14)18-9-5-11-4-3-8-17-13(11)18;15-9-8-14(6-1-2-7-14)17-11-5-12-4-3-10-16-13(12)17;1-2(3)4;1-2-3/h4-6,9-13,16-17H,7-8,14-15,18-19H2,1-3H3,(H,31,32,34);5-9,18H,10H2,1-4H3;4-6,9-10H,2-3,7-8,11H2,1H3,(H2,16,17);3-5,8-9,19H,1-2,6-7,10H2,(H2,15,17);3-4,8-9H,1-2,6-7,10H2,(H3,15,16);3-5,10-11H,1-2,6-8H2;1H3,(H,3,4);2-3H,1H3/q;;;;+1;;;/b;14-13+;;;;;;. The Balaban J connectivity index is 0.000000160. The number of carboxylic acids is 1. The van der Waals surface area contributed by atoms with Gasteiger partial charge in [-0.15, -0.1) is 0 Å². The molecule has 0 amide bonds. The number of aliphatic hydroxyl groups is 1. The van der Waals surface area contributed by atoms with Gasteiger partial charge in [-0.25, -0.2) is 40.0 Å². The Morgan fingerprint density at radius 2 is 0.942 bits per heavy atom. The van der Waals surface area contributed by atoms with Crippen molar-refractivity contribution in [1.29, 1.82) is 10.7 Å². The Kier molecular flexibility index (Phi) is 36.0. The lowest BCUT2D eigenvalue weighted by molar-refractivity contribution is -0.154. The maximum atomic E-state index is 13.3. The number of aliphatic carboxylic acids is 1. The van der Waals surface area contributed by atoms with Crippen LogP contribution in [0.4, 0.5) is 5.82 Å². The first-order valence-corrected chi connectivity index (χ1v) is 47.0. The molecule has 1 aliphatic heterocycles. The van der Waals surface area contributed by atoms with Gasteiger partial charge >= 0.3 is 11.9 Å². The number of carbonyl (C=O) groups excluding carboxylic acids is 3. The van der Waals surface area contributed by atoms with Crippen LogP contribution in [0.2, 0.25) is 0 Å². The average molecular weight is 1880 g/mol. The third-order valence-electron chi connectivity index (χ3n) is 25.3. The topological polar surface area (TPSA) is 482 Å². The summed E-state index contributed by atoms with van der Waals surface area (Å²) in [6, 6.07) is 49.4. The van der Waals surface area contributed by atoms with E-state index < -0.39 is 52.0 Å². The number of esters is 2. The number of ketones is 1. The second-order valence-corrected chi connectivity index (χ2v) is 37.7. The monoisotopic (exact) mass is 1880 g/mol. The fourth-order valence-corrected chi connectivity index (χ4v) is 19.3. The van der Waals surface area contributed by atoms with Gasteiger partial charge in [-0.2, -0.15) is 10.2 Å². The van der Waals surface area contributed by atoms with Crippen molar-refractivity contribution in [3.8, 4) is 11.8 Å². The summed E-state index contributed by atoms with van der Waals surface area (Å²) in [5, 5.41) is 57.9. The smallest absolute Gasteiger partial charge is 0.378 e. The number of nitrogens with two attached hydrogens (primary N) is 3. The number of aromatic nitrogens is 11. The predicted octanol–water partition coefficient (Wildman–Crippen LogP) is 18.3. The summed E-state index contributed by atoms with van der Waals surface area (Å²) < 4.78 is 30.7. The molecule has 10 aromatic heterocycles. The van der Waals surface area contributed by atoms with Gasteiger partial charge in [0, 0.05) is 131 Å². The van der Waals surface area contributed by atoms with Crippen molar-refractivity contribution < 1.29 is 58.8 Å². The predicted molar refractivity (Wildman–Crippen MR) is 533 cm³/mol. The molecule has 6 aliphatic rings. The molecule has 0 radical (unpaired) electrons. The van der Waals surface area contributed by atoms with Gasteiger partial charge < -0.3 is 80.0 Å². The van der Waals surface area contributed by atoms with E-state index in [0.717, 1.165) is 157 Å². The van der Waals surface area contributed by atoms with Crippen LogP contribution in [0.5, 0.6) is 5.75 Å². The van der Waals surface area contributed by atoms with Crippen molar-refractivity contribution in [3.05, 3.63) is 264 Å². The molecule has 0 unspecified atom stereocenters. The van der Waals surface area contributed by atoms with Crippen molar-refractivity contribution >= 4 is 91.1 Å². The normalized spacial score (nSPS) is 16.3. The van der Waals surface area contributed by atoms with Crippen LogP contribution in [0.25, 0.3) is 44.1 Å². The molecule has 11 heterocycles. The molecule has 0 saturated heterocycles. The minimum atomic E-state index is -0.985. The van der Waals surface area contributed by atoms with Crippen molar-refractivity contribution in [2.75, 3.05) is 19.0 Å². The first-order valence-electron chi connectivity index (χ1n) is 47.0. The van der Waals surface area contributed by atoms with Crippen LogP contribution in [-0.2, 0) is 70.4 Å². The number of H-pyrrole nitrogens is 1. The van der Waals surface area contributed by atoms with Gasteiger partial charge in [-0.3, -0.25) is 29.7 Å². The van der Waals surface area contributed by atoms with Crippen LogP contribution in [0.15, 0.2) is 234 Å². The molecule has 13 N–H and O–H groups in total. The molecular weight excluding hydrogens is 1750 g/mol. The van der Waals surface area contributed by atoms with E-state index in [-0.39, 0.29) is 58.2 Å². The lowest BCUT2D eigenvalue weighted by Gasteiger charge is -2.34. The number of benzene rings is 2. The quantitative estimate of drug-likeness (QED) is 0.00415. The number of Topliss-reactive ketones (excluding diaryl/α,β-unsaturated/α-hetero) is 1. The molecule has 0 atom stereocenters. The van der Waals surface area contributed by atoms with Crippen LogP contribution in [0.3, 0.4) is 0 Å². The van der Waals surface area contributed by atoms with E-state index in [1.807, 2.05) is 134 Å². The fourth-order valence-electron chi connectivity index (χ4n) is 19.3. The highest BCUT2D eigenvalue weighted by Crippen LogP contribution is 2.47. The molecule has 33 nitrogen and oxygen atoms in total. The lowest BCUT2D eigenvalue weighted by atomic mass is 9.90. The number of amidine groups is 3. The molecule has 12 aromatic rings. The van der Waals surface area contributed by atoms with Gasteiger partial charge in [0.2, 0.25) is 22.8 Å². The van der Waals surface area contributed by atoms with Gasteiger partial charge in [0.25, 0.3) is 17.3 Å². The van der Waals surface area contributed by atoms with E-state index in [2.05, 4.69) is 148 Å². The van der Waals surface area contributed by atoms with Crippen LogP contribution in [-0.4, -0.2) is 146 Å². The number of carboxylic acid groups (broad SMARTS) is 1. The highest BCUT2D eigenvalue weighted by Gasteiger charge is 2.47. The number of aliphatic imine (C=N–C) groups is 1. The maximum absolute atomic E-state index is 13.3. The van der Waals surface area contributed by atoms with E-state index in [9.17, 15) is 24.3 Å². The Bertz CT molecular complexity index is 6200. The summed E-state index contributed by atoms with van der Waals surface area (Å²) in [4.78, 5) is 95.2. The van der Waals surface area contributed by atoms with Crippen molar-refractivity contribution in [2.24, 2.45) is 27.3 Å². The van der Waals surface area contributed by atoms with Crippen molar-refractivity contribution in [1.82, 2.24) is 58.6 Å². The number of aromatic amines is 1. The largest absolute Gasteiger partial charge is 0.499 e. The number of nitrogens with one attached hydrogen (secondary N) is 3. The van der Waals surface area contributed by atoms with Gasteiger partial charge in [0.15, 0.2) is 11.5 Å². The number of hydrogen-bond acceptors (Lipinski definition) is 24. The summed E-state index contributed by atoms with van der Waals surface area (Å²) in [6.07, 6.45) is 48.2. The van der Waals surface area contributed by atoms with Gasteiger partial charge in [-0.05, 0) is 190 Å². The zero-order chi connectivity index (χ0) is 99.3. The molecule has 5 fully saturated rings. The number of allylic oxidation sites excluding steroid dienone is 1. The highest BCUT2D eigenvalue weighted by molar-refractivity contribution is 6.00. The average Bonchev–Trinajstić information content (AvgIpc) is 1.35. The zero-order valence-electron chi connectivity index (χ0n) is 80.7. The van der Waals surface area contributed by atoms with E-state index in [0.29, 0.717) is 37.3 Å². The lowest BCUT2D eigenvalue weighted by Crippen LogP contribution is -2.46. The van der Waals surface area contributed by atoms with E-state index >= 15 is 0 Å². The summed E-state index contributed by atoms with van der Waals surface area (Å²) >= 11 is 0. The maximum Gasteiger partial charge on any atom is 0.378 e. The molecule has 18 rings (SSSR count). The molecule has 728 valence electrons. The minimum Gasteiger partial charge on any atom is -0.499 e. The Morgan fingerprint density at radius 1 is 0.551 bits per heavy atom. The number of carbonyl (C=O) groups is 4. The first kappa shape index (κ1) is 104. The number of aliphatic hydroxyl groups excluding tert-OH is 1. The second kappa shape index (κ2) is 47.8. The number of hydroxylamine groups is 1. The number of hydrogen-bond donors (Lipinski definition) is 10. The number of pyridine rings is 5. The van der Waals surface area contributed by atoms with E-state index in [1.165, 1.54) is 70.7 Å². The number of ether oxygens (including phenoxy) is 4. The third kappa shape index (κ3) is 26.8. The van der Waals surface area contributed by atoms with E-state index in [4.69, 9.17) is 67.1 Å². The summed E-state index contributed by atoms with van der Waals surface area (Å²) in [5.74, 6) is -1.71. The molecule has 5 aliphatic carbocycles. The molecule has 138 heavy (non-hydrogen) atoms. The van der Waals surface area contributed by atoms with Crippen molar-refractivity contribution in [2.45, 2.75) is 268 Å². The van der Waals surface area contributed by atoms with Gasteiger partial charge in [0.05, 0.1) is 70.2 Å². The first-order chi connectivity index (χ1) is 66.2. The minimum absolute atomic E-state index is 0.00907. The van der Waals surface area contributed by atoms with Gasteiger partial charge in [0.1, 0.15) is 64.9 Å². The number of fused-ring (bicyclic) bond motifs is 5. The van der Waals surface area contributed by atoms with E-state index in [1.54, 1.807) is 60.3 Å². The Morgan fingerprint density at radius 3 is 1.36 bits per heavy atom. The summed E-state index contributed by atoms with van der Waals surface area (Å²) in [7, 11) is 3.20. The van der Waals surface area contributed by atoms with Crippen LogP contribution >= 0.6 is 0 Å². The second-order valence-electron chi connectivity index (χ2n) is 37.7. The molecule has 33 heteroatoms. The molecule has 0 spiro atoms. The molecule has 2 aromatic carbocycles. The number of nitriles is 1. The van der Waals surface area contributed by atoms with Crippen LogP contribution in [0, 0.1) is 22.8 Å². The number of oxime groups is 1. The SMILES string of the molecule is CC(=O)/C(OCc1ccccc1)=C(\O)C(=O)OC(C)(C)C.CC(=O)O.CC(C)(C)OC(=O)c1nc(CC2(n3ccc4cccnc43)CCCC2)[nH]c(=O)c1OCc1ccccc1.CN=C(N)CC1(n2ccc3cccnc32)CCCC1.CNO.N#CCC1(n2ccc3cccnc32)CCCC1.N=C(N)CC1(N2C=[C+]c3cccnc32)CCCC1.NC(CC1(n2ccc3cccnc32)CCCC1)=NO. The van der Waals surface area contributed by atoms with Crippen LogP contribution < -0.4 is 37.9 Å². The number of anilines is 1. The molecule has 5 saturated carbocycles.